The number of hydrogen-bond donors (Lipinski definition) is 1. The molecular formula is C19H24ClN3O2S. The zero-order chi connectivity index (χ0) is 18.5. The third kappa shape index (κ3) is 5.20. The Labute approximate surface area is 163 Å². The average Bonchev–Trinajstić information content (AvgIpc) is 3.02. The van der Waals surface area contributed by atoms with Crippen LogP contribution in [-0.2, 0) is 11.3 Å². The molecule has 1 amide bonds. The summed E-state index contributed by atoms with van der Waals surface area (Å²) in [6.07, 6.45) is 0. The predicted molar refractivity (Wildman–Crippen MR) is 107 cm³/mol. The van der Waals surface area contributed by atoms with Crippen molar-refractivity contribution in [1.29, 1.82) is 0 Å². The normalized spacial score (nSPS) is 15.8. The molecule has 0 radical (unpaired) electrons. The molecule has 2 aromatic rings. The molecule has 1 saturated heterocycles. The first kappa shape index (κ1) is 19.2. The fourth-order valence-corrected chi connectivity index (χ4v) is 4.21. The topological polar surface area (TPSA) is 44.8 Å². The van der Waals surface area contributed by atoms with Crippen molar-refractivity contribution in [1.82, 2.24) is 9.80 Å². The molecule has 140 valence electrons. The van der Waals surface area contributed by atoms with Crippen LogP contribution in [0.2, 0.25) is 4.34 Å². The maximum Gasteiger partial charge on any atom is 0.238 e. The van der Waals surface area contributed by atoms with Crippen LogP contribution >= 0.6 is 22.9 Å². The van der Waals surface area contributed by atoms with E-state index in [9.17, 15) is 4.79 Å². The maximum absolute atomic E-state index is 12.4. The number of anilines is 1. The van der Waals surface area contributed by atoms with Gasteiger partial charge >= 0.3 is 0 Å². The number of hydrogen-bond acceptors (Lipinski definition) is 5. The van der Waals surface area contributed by atoms with Crippen LogP contribution in [0, 0.1) is 6.92 Å². The molecule has 1 N–H and O–H groups in total. The lowest BCUT2D eigenvalue weighted by Crippen LogP contribution is -2.48. The summed E-state index contributed by atoms with van der Waals surface area (Å²) in [6.45, 7) is 7.00. The van der Waals surface area contributed by atoms with Gasteiger partial charge in [0.05, 0.1) is 23.7 Å². The predicted octanol–water partition coefficient (Wildman–Crippen LogP) is 3.47. The largest absolute Gasteiger partial charge is 0.495 e. The molecular weight excluding hydrogens is 370 g/mol. The van der Waals surface area contributed by atoms with Gasteiger partial charge in [0.15, 0.2) is 0 Å². The van der Waals surface area contributed by atoms with Crippen LogP contribution in [0.5, 0.6) is 5.75 Å². The second-order valence-electron chi connectivity index (χ2n) is 6.51. The van der Waals surface area contributed by atoms with Gasteiger partial charge in [0, 0.05) is 37.6 Å². The highest BCUT2D eigenvalue weighted by Gasteiger charge is 2.20. The van der Waals surface area contributed by atoms with Crippen molar-refractivity contribution in [2.24, 2.45) is 0 Å². The first-order chi connectivity index (χ1) is 12.5. The van der Waals surface area contributed by atoms with E-state index >= 15 is 0 Å². The number of nitrogens with zero attached hydrogens (tertiary/aromatic N) is 2. The Hall–Kier alpha value is -1.60. The van der Waals surface area contributed by atoms with E-state index in [1.807, 2.05) is 31.2 Å². The number of piperazine rings is 1. The van der Waals surface area contributed by atoms with Gasteiger partial charge in [0.1, 0.15) is 5.75 Å². The molecule has 1 aromatic heterocycles. The lowest BCUT2D eigenvalue weighted by molar-refractivity contribution is -0.117. The monoisotopic (exact) mass is 393 g/mol. The molecule has 1 aliphatic heterocycles. The number of carbonyl (C=O) groups excluding carboxylic acids is 1. The van der Waals surface area contributed by atoms with Crippen molar-refractivity contribution in [2.45, 2.75) is 13.5 Å². The number of ether oxygens (including phenoxy) is 1. The van der Waals surface area contributed by atoms with Gasteiger partial charge in [-0.25, -0.2) is 0 Å². The number of aryl methyl sites for hydroxylation is 1. The van der Waals surface area contributed by atoms with Gasteiger partial charge in [0.25, 0.3) is 0 Å². The molecule has 26 heavy (non-hydrogen) atoms. The van der Waals surface area contributed by atoms with Crippen LogP contribution in [0.25, 0.3) is 0 Å². The SMILES string of the molecule is COc1ccc(C)cc1NC(=O)CN1CCN(Cc2ccc(Cl)s2)CC1. The van der Waals surface area contributed by atoms with Crippen molar-refractivity contribution in [3.8, 4) is 5.75 Å². The molecule has 0 bridgehead atoms. The molecule has 1 aromatic carbocycles. The smallest absolute Gasteiger partial charge is 0.238 e. The lowest BCUT2D eigenvalue weighted by atomic mass is 10.2. The second-order valence-corrected chi connectivity index (χ2v) is 8.31. The van der Waals surface area contributed by atoms with Crippen molar-refractivity contribution in [2.75, 3.05) is 45.2 Å². The zero-order valence-electron chi connectivity index (χ0n) is 15.1. The fourth-order valence-electron chi connectivity index (χ4n) is 3.07. The number of amides is 1. The molecule has 0 spiro atoms. The second kappa shape index (κ2) is 8.86. The summed E-state index contributed by atoms with van der Waals surface area (Å²) in [5.41, 5.74) is 1.81. The summed E-state index contributed by atoms with van der Waals surface area (Å²) >= 11 is 7.63. The number of thiophene rings is 1. The molecule has 0 unspecified atom stereocenters. The Balaban J connectivity index is 1.47. The van der Waals surface area contributed by atoms with Crippen LogP contribution in [-0.4, -0.2) is 55.5 Å². The van der Waals surface area contributed by atoms with E-state index < -0.39 is 0 Å². The quantitative estimate of drug-likeness (QED) is 0.816. The number of methoxy groups -OCH3 is 1. The van der Waals surface area contributed by atoms with Crippen LogP contribution in [0.4, 0.5) is 5.69 Å². The van der Waals surface area contributed by atoms with Crippen molar-refractivity contribution in [3.05, 3.63) is 45.1 Å². The van der Waals surface area contributed by atoms with E-state index in [0.717, 1.165) is 48.3 Å². The van der Waals surface area contributed by atoms with Gasteiger partial charge < -0.3 is 10.1 Å². The van der Waals surface area contributed by atoms with Gasteiger partial charge in [-0.05, 0) is 36.8 Å². The van der Waals surface area contributed by atoms with Crippen molar-refractivity contribution >= 4 is 34.5 Å². The number of nitrogens with one attached hydrogen (secondary N) is 1. The third-order valence-corrected chi connectivity index (χ3v) is 5.69. The third-order valence-electron chi connectivity index (χ3n) is 4.47. The Morgan fingerprint density at radius 1 is 1.19 bits per heavy atom. The van der Waals surface area contributed by atoms with E-state index in [4.69, 9.17) is 16.3 Å². The number of carbonyl (C=O) groups is 1. The summed E-state index contributed by atoms with van der Waals surface area (Å²) in [7, 11) is 1.61. The lowest BCUT2D eigenvalue weighted by Gasteiger charge is -2.34. The average molecular weight is 394 g/mol. The molecule has 0 saturated carbocycles. The minimum Gasteiger partial charge on any atom is -0.495 e. The molecule has 2 heterocycles. The molecule has 3 rings (SSSR count). The molecule has 1 aliphatic rings. The van der Waals surface area contributed by atoms with Gasteiger partial charge in [-0.3, -0.25) is 14.6 Å². The van der Waals surface area contributed by atoms with Crippen molar-refractivity contribution < 1.29 is 9.53 Å². The van der Waals surface area contributed by atoms with E-state index in [1.165, 1.54) is 4.88 Å². The summed E-state index contributed by atoms with van der Waals surface area (Å²) in [5, 5.41) is 2.97. The standard InChI is InChI=1S/C19H24ClN3O2S/c1-14-3-5-17(25-2)16(11-14)21-19(24)13-23-9-7-22(8-10-23)12-15-4-6-18(20)26-15/h3-6,11H,7-10,12-13H2,1-2H3,(H,21,24). The van der Waals surface area contributed by atoms with Crippen LogP contribution in [0.3, 0.4) is 0 Å². The Morgan fingerprint density at radius 3 is 2.58 bits per heavy atom. The van der Waals surface area contributed by atoms with Gasteiger partial charge in [-0.1, -0.05) is 17.7 Å². The van der Waals surface area contributed by atoms with Gasteiger partial charge in [-0.15, -0.1) is 11.3 Å². The summed E-state index contributed by atoms with van der Waals surface area (Å²) in [4.78, 5) is 18.3. The van der Waals surface area contributed by atoms with Gasteiger partial charge in [0.2, 0.25) is 5.91 Å². The number of halogens is 1. The Morgan fingerprint density at radius 2 is 1.92 bits per heavy atom. The molecule has 1 fully saturated rings. The molecule has 7 heteroatoms. The van der Waals surface area contributed by atoms with E-state index in [1.54, 1.807) is 18.4 Å². The van der Waals surface area contributed by atoms with E-state index in [2.05, 4.69) is 21.2 Å². The Kier molecular flexibility index (Phi) is 6.53. The first-order valence-electron chi connectivity index (χ1n) is 8.67. The highest BCUT2D eigenvalue weighted by Crippen LogP contribution is 2.25. The first-order valence-corrected chi connectivity index (χ1v) is 9.86. The van der Waals surface area contributed by atoms with Gasteiger partial charge in [-0.2, -0.15) is 0 Å². The van der Waals surface area contributed by atoms with E-state index in [-0.39, 0.29) is 5.91 Å². The zero-order valence-corrected chi connectivity index (χ0v) is 16.7. The summed E-state index contributed by atoms with van der Waals surface area (Å²) in [5.74, 6) is 0.677. The minimum atomic E-state index is -0.00705. The molecule has 5 nitrogen and oxygen atoms in total. The van der Waals surface area contributed by atoms with Crippen molar-refractivity contribution in [3.63, 3.8) is 0 Å². The summed E-state index contributed by atoms with van der Waals surface area (Å²) < 4.78 is 6.16. The van der Waals surface area contributed by atoms with E-state index in [0.29, 0.717) is 12.3 Å². The number of benzene rings is 1. The maximum atomic E-state index is 12.4. The fraction of sp³-hybridized carbons (Fsp3) is 0.421. The van der Waals surface area contributed by atoms with Crippen LogP contribution < -0.4 is 10.1 Å². The molecule has 0 atom stereocenters. The Bertz CT molecular complexity index is 757. The highest BCUT2D eigenvalue weighted by atomic mass is 35.5. The highest BCUT2D eigenvalue weighted by molar-refractivity contribution is 7.16. The minimum absolute atomic E-state index is 0.00705. The summed E-state index contributed by atoms with van der Waals surface area (Å²) in [6, 6.07) is 9.81. The van der Waals surface area contributed by atoms with Crippen LogP contribution in [0.1, 0.15) is 10.4 Å². The molecule has 0 aliphatic carbocycles. The van der Waals surface area contributed by atoms with Crippen LogP contribution in [0.15, 0.2) is 30.3 Å². The number of rotatable bonds is 6.